The molecule has 0 aromatic carbocycles. The smallest absolute Gasteiger partial charge is 0.228 e. The van der Waals surface area contributed by atoms with E-state index in [0.717, 1.165) is 30.8 Å². The van der Waals surface area contributed by atoms with Crippen LogP contribution >= 0.6 is 0 Å². The lowest BCUT2D eigenvalue weighted by atomic mass is 10.2. The first kappa shape index (κ1) is 12.1. The van der Waals surface area contributed by atoms with Gasteiger partial charge in [-0.15, -0.1) is 0 Å². The van der Waals surface area contributed by atoms with Gasteiger partial charge in [0.1, 0.15) is 0 Å². The minimum atomic E-state index is 0.153. The van der Waals surface area contributed by atoms with E-state index in [0.29, 0.717) is 13.0 Å². The van der Waals surface area contributed by atoms with E-state index in [4.69, 9.17) is 4.74 Å². The number of nitrogens with zero attached hydrogens (tertiary/aromatic N) is 2. The minimum absolute atomic E-state index is 0.153. The Kier molecular flexibility index (Phi) is 3.78. The summed E-state index contributed by atoms with van der Waals surface area (Å²) in [5, 5.41) is 0. The van der Waals surface area contributed by atoms with Crippen LogP contribution in [-0.4, -0.2) is 47.1 Å². The average molecular weight is 237 g/mol. The van der Waals surface area contributed by atoms with E-state index >= 15 is 0 Å². The van der Waals surface area contributed by atoms with Crippen LogP contribution in [0.25, 0.3) is 0 Å². The molecular weight excluding hydrogens is 218 g/mol. The Morgan fingerprint density at radius 3 is 3.18 bits per heavy atom. The van der Waals surface area contributed by atoms with Crippen LogP contribution in [0.5, 0.6) is 0 Å². The van der Waals surface area contributed by atoms with Crippen LogP contribution < -0.4 is 0 Å². The van der Waals surface area contributed by atoms with Crippen LogP contribution in [0.3, 0.4) is 0 Å². The summed E-state index contributed by atoms with van der Waals surface area (Å²) in [5.74, 6) is 0.153. The third-order valence-corrected chi connectivity index (χ3v) is 3.31. The van der Waals surface area contributed by atoms with Gasteiger partial charge in [-0.1, -0.05) is 0 Å². The number of ether oxygens (including phenoxy) is 1. The topological polar surface area (TPSA) is 58.2 Å². The fourth-order valence-corrected chi connectivity index (χ4v) is 2.34. The molecular formula is C12H19N3O2. The molecule has 0 saturated carbocycles. The molecule has 5 nitrogen and oxygen atoms in total. The summed E-state index contributed by atoms with van der Waals surface area (Å²) in [7, 11) is 1.68. The van der Waals surface area contributed by atoms with E-state index in [2.05, 4.69) is 9.97 Å². The molecule has 1 aliphatic rings. The number of aryl methyl sites for hydroxylation is 1. The van der Waals surface area contributed by atoms with Gasteiger partial charge in [0.2, 0.25) is 5.91 Å². The second kappa shape index (κ2) is 5.31. The minimum Gasteiger partial charge on any atom is -0.383 e. The first-order chi connectivity index (χ1) is 8.22. The van der Waals surface area contributed by atoms with Gasteiger partial charge < -0.3 is 14.6 Å². The Morgan fingerprint density at radius 1 is 1.71 bits per heavy atom. The van der Waals surface area contributed by atoms with Gasteiger partial charge in [0.05, 0.1) is 31.1 Å². The van der Waals surface area contributed by atoms with Crippen LogP contribution in [0, 0.1) is 6.92 Å². The van der Waals surface area contributed by atoms with Crippen LogP contribution in [0.15, 0.2) is 6.33 Å². The van der Waals surface area contributed by atoms with Gasteiger partial charge in [0.15, 0.2) is 0 Å². The fraction of sp³-hybridized carbons (Fsp3) is 0.667. The first-order valence-electron chi connectivity index (χ1n) is 5.99. The Hall–Kier alpha value is -1.36. The van der Waals surface area contributed by atoms with Crippen molar-refractivity contribution in [2.75, 3.05) is 20.3 Å². The predicted molar refractivity (Wildman–Crippen MR) is 63.6 cm³/mol. The maximum atomic E-state index is 12.2. The first-order valence-corrected chi connectivity index (χ1v) is 5.99. The number of carbonyl (C=O) groups excluding carboxylic acids is 1. The maximum absolute atomic E-state index is 12.2. The summed E-state index contributed by atoms with van der Waals surface area (Å²) in [5.41, 5.74) is 1.82. The quantitative estimate of drug-likeness (QED) is 0.846. The number of aromatic amines is 1. The van der Waals surface area contributed by atoms with Crippen LogP contribution in [0.1, 0.15) is 24.2 Å². The van der Waals surface area contributed by atoms with E-state index in [1.54, 1.807) is 13.4 Å². The highest BCUT2D eigenvalue weighted by molar-refractivity contribution is 5.79. The van der Waals surface area contributed by atoms with E-state index < -0.39 is 0 Å². The van der Waals surface area contributed by atoms with Gasteiger partial charge in [-0.2, -0.15) is 0 Å². The van der Waals surface area contributed by atoms with Crippen molar-refractivity contribution in [2.45, 2.75) is 32.2 Å². The van der Waals surface area contributed by atoms with Crippen molar-refractivity contribution in [2.24, 2.45) is 0 Å². The standard InChI is InChI=1S/C12H19N3O2/c1-9-11(14-8-13-9)6-12(16)15-5-3-4-10(15)7-17-2/h8,10H,3-7H2,1-2H3,(H,13,14)/t10-/m0/s1. The molecule has 1 aromatic heterocycles. The summed E-state index contributed by atoms with van der Waals surface area (Å²) >= 11 is 0. The molecule has 0 spiro atoms. The number of methoxy groups -OCH3 is 1. The molecule has 5 heteroatoms. The molecule has 1 fully saturated rings. The highest BCUT2D eigenvalue weighted by atomic mass is 16.5. The zero-order valence-electron chi connectivity index (χ0n) is 10.4. The molecule has 2 rings (SSSR count). The molecule has 0 radical (unpaired) electrons. The zero-order chi connectivity index (χ0) is 12.3. The number of likely N-dealkylation sites (tertiary alicyclic amines) is 1. The largest absolute Gasteiger partial charge is 0.383 e. The Morgan fingerprint density at radius 2 is 2.53 bits per heavy atom. The molecule has 0 bridgehead atoms. The van der Waals surface area contributed by atoms with E-state index in [1.165, 1.54) is 0 Å². The van der Waals surface area contributed by atoms with E-state index in [-0.39, 0.29) is 11.9 Å². The number of nitrogens with one attached hydrogen (secondary N) is 1. The second-order valence-corrected chi connectivity index (χ2v) is 4.49. The Labute approximate surface area is 101 Å². The summed E-state index contributed by atoms with van der Waals surface area (Å²) in [4.78, 5) is 21.3. The number of H-pyrrole nitrogens is 1. The number of amides is 1. The van der Waals surface area contributed by atoms with Crippen LogP contribution in [0.2, 0.25) is 0 Å². The molecule has 1 amide bonds. The summed E-state index contributed by atoms with van der Waals surface area (Å²) in [6, 6.07) is 0.242. The third-order valence-electron chi connectivity index (χ3n) is 3.31. The van der Waals surface area contributed by atoms with Crippen molar-refractivity contribution in [3.63, 3.8) is 0 Å². The molecule has 94 valence electrons. The van der Waals surface area contributed by atoms with E-state index in [9.17, 15) is 4.79 Å². The normalized spacial score (nSPS) is 19.9. The van der Waals surface area contributed by atoms with Crippen molar-refractivity contribution in [1.29, 1.82) is 0 Å². The number of hydrogen-bond donors (Lipinski definition) is 1. The summed E-state index contributed by atoms with van der Waals surface area (Å²) < 4.78 is 5.15. The van der Waals surface area contributed by atoms with E-state index in [1.807, 2.05) is 11.8 Å². The van der Waals surface area contributed by atoms with Crippen molar-refractivity contribution >= 4 is 5.91 Å². The third kappa shape index (κ3) is 2.66. The van der Waals surface area contributed by atoms with Gasteiger partial charge in [0.25, 0.3) is 0 Å². The van der Waals surface area contributed by atoms with Gasteiger partial charge in [-0.05, 0) is 19.8 Å². The van der Waals surface area contributed by atoms with Crippen molar-refractivity contribution in [3.05, 3.63) is 17.7 Å². The number of aromatic nitrogens is 2. The van der Waals surface area contributed by atoms with Gasteiger partial charge in [-0.3, -0.25) is 4.79 Å². The van der Waals surface area contributed by atoms with Crippen molar-refractivity contribution in [3.8, 4) is 0 Å². The number of imidazole rings is 1. The number of hydrogen-bond acceptors (Lipinski definition) is 3. The predicted octanol–water partition coefficient (Wildman–Crippen LogP) is 0.898. The molecule has 1 N–H and O–H groups in total. The van der Waals surface area contributed by atoms with Crippen molar-refractivity contribution < 1.29 is 9.53 Å². The number of rotatable bonds is 4. The highest BCUT2D eigenvalue weighted by Gasteiger charge is 2.28. The lowest BCUT2D eigenvalue weighted by molar-refractivity contribution is -0.132. The molecule has 0 unspecified atom stereocenters. The zero-order valence-corrected chi connectivity index (χ0v) is 10.4. The van der Waals surface area contributed by atoms with Gasteiger partial charge >= 0.3 is 0 Å². The molecule has 2 heterocycles. The number of carbonyl (C=O) groups is 1. The highest BCUT2D eigenvalue weighted by Crippen LogP contribution is 2.18. The SMILES string of the molecule is COC[C@@H]1CCCN1C(=O)Cc1nc[nH]c1C. The van der Waals surface area contributed by atoms with Gasteiger partial charge in [0, 0.05) is 19.3 Å². The monoisotopic (exact) mass is 237 g/mol. The lowest BCUT2D eigenvalue weighted by Crippen LogP contribution is -2.39. The Balaban J connectivity index is 1.98. The van der Waals surface area contributed by atoms with Crippen LogP contribution in [0.4, 0.5) is 0 Å². The maximum Gasteiger partial charge on any atom is 0.228 e. The van der Waals surface area contributed by atoms with Gasteiger partial charge in [-0.25, -0.2) is 4.98 Å². The molecule has 1 aromatic rings. The van der Waals surface area contributed by atoms with Crippen LogP contribution in [-0.2, 0) is 16.0 Å². The average Bonchev–Trinajstić information content (AvgIpc) is 2.89. The molecule has 1 atom stereocenters. The molecule has 1 saturated heterocycles. The summed E-state index contributed by atoms with van der Waals surface area (Å²) in [6.07, 6.45) is 4.13. The second-order valence-electron chi connectivity index (χ2n) is 4.49. The lowest BCUT2D eigenvalue weighted by Gasteiger charge is -2.23. The van der Waals surface area contributed by atoms with Crippen molar-refractivity contribution in [1.82, 2.24) is 14.9 Å². The molecule has 0 aliphatic carbocycles. The molecule has 17 heavy (non-hydrogen) atoms. The molecule has 1 aliphatic heterocycles. The fourth-order valence-electron chi connectivity index (χ4n) is 2.34. The summed E-state index contributed by atoms with van der Waals surface area (Å²) in [6.45, 7) is 3.41. The Bertz CT molecular complexity index is 389.